The van der Waals surface area contributed by atoms with E-state index in [1.54, 1.807) is 9.25 Å². The molecule has 0 spiro atoms. The van der Waals surface area contributed by atoms with E-state index in [-0.39, 0.29) is 11.6 Å². The minimum atomic E-state index is -0.0409. The third-order valence-corrected chi connectivity index (χ3v) is 5.51. The predicted molar refractivity (Wildman–Crippen MR) is 124 cm³/mol. The standard InChI is InChI=1S/C24H29N7O/c1-16(2)13-14-31-24(32)30(23(27-31)17(3)4)15-18-9-11-19(12-10-18)20-7-5-6-8-21(20)22-25-28-29-26-22/h5-12,16-17H,13-15H2,1-4H3,(H,25,26,28,29). The Morgan fingerprint density at radius 2 is 1.69 bits per heavy atom. The Hall–Kier alpha value is -3.55. The van der Waals surface area contributed by atoms with E-state index in [1.807, 2.05) is 24.3 Å². The molecule has 0 fully saturated rings. The number of nitrogens with one attached hydrogen (secondary N) is 1. The lowest BCUT2D eigenvalue weighted by molar-refractivity contribution is 0.472. The number of hydrogen-bond acceptors (Lipinski definition) is 5. The monoisotopic (exact) mass is 431 g/mol. The van der Waals surface area contributed by atoms with E-state index in [1.165, 1.54) is 0 Å². The Balaban J connectivity index is 1.61. The van der Waals surface area contributed by atoms with Crippen LogP contribution in [0.1, 0.15) is 51.4 Å². The maximum absolute atomic E-state index is 13.0. The molecule has 0 aliphatic rings. The van der Waals surface area contributed by atoms with Crippen LogP contribution < -0.4 is 5.69 Å². The van der Waals surface area contributed by atoms with Gasteiger partial charge in [0.05, 0.1) is 6.54 Å². The normalized spacial score (nSPS) is 11.6. The van der Waals surface area contributed by atoms with Crippen LogP contribution in [-0.4, -0.2) is 35.0 Å². The van der Waals surface area contributed by atoms with Gasteiger partial charge in [0.2, 0.25) is 5.82 Å². The molecule has 0 radical (unpaired) electrons. The maximum Gasteiger partial charge on any atom is 0.346 e. The molecular weight excluding hydrogens is 402 g/mol. The molecule has 4 rings (SSSR count). The van der Waals surface area contributed by atoms with E-state index in [4.69, 9.17) is 0 Å². The highest BCUT2D eigenvalue weighted by Crippen LogP contribution is 2.29. The first-order valence-corrected chi connectivity index (χ1v) is 11.0. The van der Waals surface area contributed by atoms with Gasteiger partial charge in [0.15, 0.2) is 0 Å². The zero-order chi connectivity index (χ0) is 22.7. The summed E-state index contributed by atoms with van der Waals surface area (Å²) < 4.78 is 3.41. The SMILES string of the molecule is CC(C)CCn1nc(C(C)C)n(Cc2ccc(-c3ccccc3-c3nn[nH]n3)cc2)c1=O. The van der Waals surface area contributed by atoms with Gasteiger partial charge in [-0.1, -0.05) is 76.2 Å². The zero-order valence-corrected chi connectivity index (χ0v) is 19.0. The summed E-state index contributed by atoms with van der Waals surface area (Å²) in [6, 6.07) is 16.2. The summed E-state index contributed by atoms with van der Waals surface area (Å²) in [5, 5.41) is 19.0. The first-order chi connectivity index (χ1) is 15.4. The molecule has 4 aromatic rings. The number of aromatic amines is 1. The molecule has 2 heterocycles. The first-order valence-electron chi connectivity index (χ1n) is 11.0. The van der Waals surface area contributed by atoms with Crippen molar-refractivity contribution < 1.29 is 0 Å². The highest BCUT2D eigenvalue weighted by Gasteiger charge is 2.17. The third-order valence-electron chi connectivity index (χ3n) is 5.51. The van der Waals surface area contributed by atoms with Crippen molar-refractivity contribution in [1.82, 2.24) is 35.0 Å². The third kappa shape index (κ3) is 4.54. The molecular formula is C24H29N7O. The van der Waals surface area contributed by atoms with Crippen molar-refractivity contribution >= 4 is 0 Å². The molecule has 1 N–H and O–H groups in total. The van der Waals surface area contributed by atoms with Crippen LogP contribution in [0.4, 0.5) is 0 Å². The fourth-order valence-corrected chi connectivity index (χ4v) is 3.74. The summed E-state index contributed by atoms with van der Waals surface area (Å²) in [5.74, 6) is 2.08. The van der Waals surface area contributed by atoms with Gasteiger partial charge >= 0.3 is 5.69 Å². The average molecular weight is 432 g/mol. The number of aryl methyl sites for hydroxylation is 1. The van der Waals surface area contributed by atoms with Crippen LogP contribution in [-0.2, 0) is 13.1 Å². The Morgan fingerprint density at radius 3 is 2.31 bits per heavy atom. The van der Waals surface area contributed by atoms with E-state index in [0.29, 0.717) is 24.8 Å². The summed E-state index contributed by atoms with van der Waals surface area (Å²) in [4.78, 5) is 13.0. The number of hydrogen-bond donors (Lipinski definition) is 1. The molecule has 2 aromatic carbocycles. The Labute approximate surface area is 187 Å². The van der Waals surface area contributed by atoms with Crippen molar-refractivity contribution in [3.8, 4) is 22.5 Å². The summed E-state index contributed by atoms with van der Waals surface area (Å²) in [6.45, 7) is 9.61. The molecule has 8 nitrogen and oxygen atoms in total. The van der Waals surface area contributed by atoms with Crippen LogP contribution >= 0.6 is 0 Å². The van der Waals surface area contributed by atoms with Crippen LogP contribution in [0.2, 0.25) is 0 Å². The lowest BCUT2D eigenvalue weighted by atomic mass is 9.98. The largest absolute Gasteiger partial charge is 0.346 e. The van der Waals surface area contributed by atoms with E-state index < -0.39 is 0 Å². The van der Waals surface area contributed by atoms with Gasteiger partial charge in [0, 0.05) is 18.0 Å². The lowest BCUT2D eigenvalue weighted by Crippen LogP contribution is -2.26. The van der Waals surface area contributed by atoms with Gasteiger partial charge in [-0.05, 0) is 34.2 Å². The van der Waals surface area contributed by atoms with Crippen molar-refractivity contribution in [3.05, 3.63) is 70.4 Å². The molecule has 0 aliphatic heterocycles. The van der Waals surface area contributed by atoms with Crippen molar-refractivity contribution in [1.29, 1.82) is 0 Å². The van der Waals surface area contributed by atoms with Crippen LogP contribution in [0.25, 0.3) is 22.5 Å². The van der Waals surface area contributed by atoms with Crippen LogP contribution in [0.5, 0.6) is 0 Å². The second kappa shape index (κ2) is 9.30. The number of aromatic nitrogens is 7. The zero-order valence-electron chi connectivity index (χ0n) is 19.0. The fraction of sp³-hybridized carbons (Fsp3) is 0.375. The minimum absolute atomic E-state index is 0.0409. The van der Waals surface area contributed by atoms with Crippen molar-refractivity contribution in [2.24, 2.45) is 5.92 Å². The van der Waals surface area contributed by atoms with E-state index in [0.717, 1.165) is 34.5 Å². The number of rotatable bonds is 8. The molecule has 0 amide bonds. The van der Waals surface area contributed by atoms with Gasteiger partial charge in [-0.2, -0.15) is 10.3 Å². The topological polar surface area (TPSA) is 94.3 Å². The summed E-state index contributed by atoms with van der Waals surface area (Å²) in [6.07, 6.45) is 0.933. The Bertz CT molecular complexity index is 1220. The number of benzene rings is 2. The first kappa shape index (κ1) is 21.7. The minimum Gasteiger partial charge on any atom is -0.274 e. The fourth-order valence-electron chi connectivity index (χ4n) is 3.74. The molecule has 0 aliphatic carbocycles. The number of H-pyrrole nitrogens is 1. The molecule has 32 heavy (non-hydrogen) atoms. The van der Waals surface area contributed by atoms with Crippen LogP contribution in [0.3, 0.4) is 0 Å². The molecule has 2 aromatic heterocycles. The second-order valence-electron chi connectivity index (χ2n) is 8.77. The molecule has 0 atom stereocenters. The van der Waals surface area contributed by atoms with E-state index in [9.17, 15) is 4.79 Å². The Morgan fingerprint density at radius 1 is 0.969 bits per heavy atom. The Kier molecular flexibility index (Phi) is 6.30. The van der Waals surface area contributed by atoms with Crippen molar-refractivity contribution in [2.75, 3.05) is 0 Å². The van der Waals surface area contributed by atoms with Crippen molar-refractivity contribution in [3.63, 3.8) is 0 Å². The van der Waals surface area contributed by atoms with Gasteiger partial charge < -0.3 is 0 Å². The molecule has 0 unspecified atom stereocenters. The molecule has 8 heteroatoms. The molecule has 0 bridgehead atoms. The number of nitrogens with zero attached hydrogens (tertiary/aromatic N) is 6. The summed E-state index contributed by atoms with van der Waals surface area (Å²) in [7, 11) is 0. The smallest absolute Gasteiger partial charge is 0.274 e. The summed E-state index contributed by atoms with van der Waals surface area (Å²) >= 11 is 0. The van der Waals surface area contributed by atoms with E-state index >= 15 is 0 Å². The van der Waals surface area contributed by atoms with Crippen LogP contribution in [0, 0.1) is 5.92 Å². The van der Waals surface area contributed by atoms with Crippen LogP contribution in [0.15, 0.2) is 53.3 Å². The predicted octanol–water partition coefficient (Wildman–Crippen LogP) is 4.11. The average Bonchev–Trinajstić information content (AvgIpc) is 3.42. The number of tetrazole rings is 1. The van der Waals surface area contributed by atoms with Gasteiger partial charge in [-0.3, -0.25) is 4.57 Å². The van der Waals surface area contributed by atoms with Crippen molar-refractivity contribution in [2.45, 2.75) is 53.1 Å². The highest BCUT2D eigenvalue weighted by atomic mass is 16.2. The van der Waals surface area contributed by atoms with Gasteiger partial charge in [-0.25, -0.2) is 9.48 Å². The summed E-state index contributed by atoms with van der Waals surface area (Å²) in [5.41, 5.74) is 4.01. The molecule has 0 saturated carbocycles. The quantitative estimate of drug-likeness (QED) is 0.453. The highest BCUT2D eigenvalue weighted by molar-refractivity contribution is 5.80. The van der Waals surface area contributed by atoms with Gasteiger partial charge in [0.1, 0.15) is 5.82 Å². The van der Waals surface area contributed by atoms with Gasteiger partial charge in [0.25, 0.3) is 0 Å². The van der Waals surface area contributed by atoms with Gasteiger partial charge in [-0.15, -0.1) is 10.2 Å². The molecule has 0 saturated heterocycles. The molecule has 166 valence electrons. The second-order valence-corrected chi connectivity index (χ2v) is 8.77. The lowest BCUT2D eigenvalue weighted by Gasteiger charge is -2.10. The maximum atomic E-state index is 13.0. The van der Waals surface area contributed by atoms with E-state index in [2.05, 4.69) is 77.7 Å².